The molecule has 0 heterocycles. The standard InChI is InChI=1S/C44H77O10P/c1-3-5-7-9-11-13-15-17-19-20-22-24-26-28-30-32-34-36-44(48)54-42(40-53-55(49,50)52-38-41(46)37-45)39-51-43(47)35-33-31-29-27-25-23-21-18-16-14-12-10-8-6-4-2/h11,13,17,19,22,24-25,27-28,30,41-42,45-46H,3-10,12,14-16,18,20-21,23,26,29,31-40H2,1-2H3,(H,49,50)/b13-11+,19-17+,24-22+,27-25+,30-28+/t41-,42+/m0/s1. The van der Waals surface area contributed by atoms with E-state index >= 15 is 0 Å². The van der Waals surface area contributed by atoms with Crippen molar-refractivity contribution in [2.75, 3.05) is 26.4 Å². The van der Waals surface area contributed by atoms with Gasteiger partial charge in [-0.2, -0.15) is 0 Å². The van der Waals surface area contributed by atoms with E-state index in [1.54, 1.807) is 0 Å². The van der Waals surface area contributed by atoms with E-state index in [-0.39, 0.29) is 19.4 Å². The molecule has 0 rings (SSSR count). The Kier molecular flexibility index (Phi) is 38.2. The SMILES string of the molecule is CCCCC/C=C/C/C=C/C/C=C/C/C=C/CCCC(=O)O[C@H](COC(=O)CCCC/C=C/CCCCCCCCCCC)COP(=O)(O)OC[C@@H](O)CO. The summed E-state index contributed by atoms with van der Waals surface area (Å²) in [5.41, 5.74) is 0. The number of rotatable bonds is 39. The van der Waals surface area contributed by atoms with Crippen LogP contribution >= 0.6 is 7.82 Å². The highest BCUT2D eigenvalue weighted by molar-refractivity contribution is 7.47. The van der Waals surface area contributed by atoms with Gasteiger partial charge < -0.3 is 24.6 Å². The molecule has 0 amide bonds. The summed E-state index contributed by atoms with van der Waals surface area (Å²) in [7, 11) is -4.64. The molecule has 0 aromatic carbocycles. The molecule has 3 atom stereocenters. The first kappa shape index (κ1) is 52.7. The molecule has 0 saturated carbocycles. The van der Waals surface area contributed by atoms with Crippen molar-refractivity contribution < 1.29 is 47.8 Å². The average Bonchev–Trinajstić information content (AvgIpc) is 3.17. The lowest BCUT2D eigenvalue weighted by molar-refractivity contribution is -0.161. The number of hydrogen-bond acceptors (Lipinski definition) is 9. The van der Waals surface area contributed by atoms with Crippen molar-refractivity contribution in [3.63, 3.8) is 0 Å². The Morgan fingerprint density at radius 1 is 0.545 bits per heavy atom. The molecule has 318 valence electrons. The molecule has 0 aliphatic rings. The predicted octanol–water partition coefficient (Wildman–Crippen LogP) is 11.1. The molecule has 11 heteroatoms. The number of aliphatic hydroxyl groups excluding tert-OH is 2. The van der Waals surface area contributed by atoms with Crippen LogP contribution in [0.2, 0.25) is 0 Å². The van der Waals surface area contributed by atoms with E-state index in [4.69, 9.17) is 19.1 Å². The Balaban J connectivity index is 4.45. The monoisotopic (exact) mass is 797 g/mol. The molecule has 0 aliphatic carbocycles. The molecule has 3 N–H and O–H groups in total. The van der Waals surface area contributed by atoms with Crippen LogP contribution in [0.5, 0.6) is 0 Å². The number of phosphoric ester groups is 1. The number of esters is 2. The van der Waals surface area contributed by atoms with Crippen molar-refractivity contribution in [3.05, 3.63) is 60.8 Å². The third kappa shape index (κ3) is 39.7. The fourth-order valence-electron chi connectivity index (χ4n) is 5.33. The molecular weight excluding hydrogens is 719 g/mol. The van der Waals surface area contributed by atoms with Crippen LogP contribution in [0.15, 0.2) is 60.8 Å². The lowest BCUT2D eigenvalue weighted by Crippen LogP contribution is -2.29. The predicted molar refractivity (Wildman–Crippen MR) is 224 cm³/mol. The molecule has 1 unspecified atom stereocenters. The summed E-state index contributed by atoms with van der Waals surface area (Å²) in [5, 5.41) is 18.3. The zero-order valence-corrected chi connectivity index (χ0v) is 35.3. The summed E-state index contributed by atoms with van der Waals surface area (Å²) >= 11 is 0. The number of aliphatic hydroxyl groups is 2. The number of carbonyl (C=O) groups excluding carboxylic acids is 2. The molecular formula is C44H77O10P. The van der Waals surface area contributed by atoms with Crippen molar-refractivity contribution >= 4 is 19.8 Å². The Morgan fingerprint density at radius 2 is 0.964 bits per heavy atom. The maximum absolute atomic E-state index is 12.6. The van der Waals surface area contributed by atoms with E-state index in [2.05, 4.69) is 67.0 Å². The Morgan fingerprint density at radius 3 is 1.53 bits per heavy atom. The van der Waals surface area contributed by atoms with Crippen LogP contribution < -0.4 is 0 Å². The molecule has 0 aromatic heterocycles. The lowest BCUT2D eigenvalue weighted by Gasteiger charge is -2.20. The van der Waals surface area contributed by atoms with Gasteiger partial charge >= 0.3 is 19.8 Å². The van der Waals surface area contributed by atoms with Crippen LogP contribution in [0, 0.1) is 0 Å². The number of unbranched alkanes of at least 4 members (excludes halogenated alkanes) is 15. The Labute approximate surface area is 334 Å². The van der Waals surface area contributed by atoms with Gasteiger partial charge in [-0.1, -0.05) is 139 Å². The maximum Gasteiger partial charge on any atom is 0.472 e. The highest BCUT2D eigenvalue weighted by atomic mass is 31.2. The second-order valence-electron chi connectivity index (χ2n) is 14.0. The molecule has 10 nitrogen and oxygen atoms in total. The van der Waals surface area contributed by atoms with Crippen LogP contribution in [0.3, 0.4) is 0 Å². The van der Waals surface area contributed by atoms with Gasteiger partial charge in [-0.3, -0.25) is 18.6 Å². The first-order chi connectivity index (χ1) is 26.7. The summed E-state index contributed by atoms with van der Waals surface area (Å²) in [6, 6.07) is 0. The zero-order valence-electron chi connectivity index (χ0n) is 34.4. The quantitative estimate of drug-likeness (QED) is 0.0237. The topological polar surface area (TPSA) is 149 Å². The second-order valence-corrected chi connectivity index (χ2v) is 15.5. The van der Waals surface area contributed by atoms with Crippen molar-refractivity contribution in [2.24, 2.45) is 0 Å². The summed E-state index contributed by atoms with van der Waals surface area (Å²) in [6.07, 6.45) is 43.4. The van der Waals surface area contributed by atoms with Crippen molar-refractivity contribution in [3.8, 4) is 0 Å². The Hall–Kier alpha value is -2.33. The first-order valence-corrected chi connectivity index (χ1v) is 22.7. The zero-order chi connectivity index (χ0) is 40.5. The highest BCUT2D eigenvalue weighted by Gasteiger charge is 2.27. The van der Waals surface area contributed by atoms with Crippen LogP contribution in [-0.4, -0.2) is 65.7 Å². The fourth-order valence-corrected chi connectivity index (χ4v) is 6.12. The van der Waals surface area contributed by atoms with Crippen LogP contribution in [0.4, 0.5) is 0 Å². The number of hydrogen-bond donors (Lipinski definition) is 3. The first-order valence-electron chi connectivity index (χ1n) is 21.2. The molecule has 0 aromatic rings. The minimum atomic E-state index is -4.64. The van der Waals surface area contributed by atoms with Crippen LogP contribution in [0.1, 0.15) is 168 Å². The third-order valence-corrected chi connectivity index (χ3v) is 9.60. The van der Waals surface area contributed by atoms with E-state index in [0.717, 1.165) is 44.9 Å². The van der Waals surface area contributed by atoms with Crippen molar-refractivity contribution in [1.29, 1.82) is 0 Å². The van der Waals surface area contributed by atoms with E-state index in [1.807, 2.05) is 12.2 Å². The molecule has 0 spiro atoms. The molecule has 0 fully saturated rings. The van der Waals surface area contributed by atoms with Gasteiger partial charge in [0.2, 0.25) is 0 Å². The summed E-state index contributed by atoms with van der Waals surface area (Å²) in [6.45, 7) is 2.25. The lowest BCUT2D eigenvalue weighted by atomic mass is 10.1. The summed E-state index contributed by atoms with van der Waals surface area (Å²) in [4.78, 5) is 34.9. The van der Waals surface area contributed by atoms with E-state index < -0.39 is 51.8 Å². The molecule has 0 saturated heterocycles. The molecule has 0 aliphatic heterocycles. The van der Waals surface area contributed by atoms with E-state index in [1.165, 1.54) is 77.0 Å². The second kappa shape index (κ2) is 39.9. The van der Waals surface area contributed by atoms with Gasteiger partial charge in [-0.25, -0.2) is 4.57 Å². The van der Waals surface area contributed by atoms with Crippen molar-refractivity contribution in [2.45, 2.75) is 180 Å². The number of ether oxygens (including phenoxy) is 2. The van der Waals surface area contributed by atoms with E-state index in [9.17, 15) is 24.2 Å². The summed E-state index contributed by atoms with van der Waals surface area (Å²) in [5.74, 6) is -1.02. The minimum Gasteiger partial charge on any atom is -0.462 e. The normalized spacial score (nSPS) is 14.5. The van der Waals surface area contributed by atoms with Gasteiger partial charge in [-0.05, 0) is 77.0 Å². The molecule has 55 heavy (non-hydrogen) atoms. The highest BCUT2D eigenvalue weighted by Crippen LogP contribution is 2.43. The Bertz CT molecular complexity index is 1100. The molecule has 0 bridgehead atoms. The van der Waals surface area contributed by atoms with Gasteiger partial charge in [0, 0.05) is 12.8 Å². The van der Waals surface area contributed by atoms with Crippen molar-refractivity contribution in [1.82, 2.24) is 0 Å². The fraction of sp³-hybridized carbons (Fsp3) is 0.727. The van der Waals surface area contributed by atoms with Gasteiger partial charge in [0.05, 0.1) is 19.8 Å². The average molecular weight is 797 g/mol. The van der Waals surface area contributed by atoms with E-state index in [0.29, 0.717) is 19.3 Å². The molecule has 0 radical (unpaired) electrons. The summed E-state index contributed by atoms with van der Waals surface area (Å²) < 4.78 is 32.6. The number of carbonyl (C=O) groups is 2. The maximum atomic E-state index is 12.6. The minimum absolute atomic E-state index is 0.102. The van der Waals surface area contributed by atoms with Crippen LogP contribution in [0.25, 0.3) is 0 Å². The largest absolute Gasteiger partial charge is 0.472 e. The number of phosphoric acid groups is 1. The van der Waals surface area contributed by atoms with Gasteiger partial charge in [0.1, 0.15) is 12.7 Å². The smallest absolute Gasteiger partial charge is 0.462 e. The van der Waals surface area contributed by atoms with Gasteiger partial charge in [0.25, 0.3) is 0 Å². The van der Waals surface area contributed by atoms with Gasteiger partial charge in [0.15, 0.2) is 6.10 Å². The van der Waals surface area contributed by atoms with Crippen LogP contribution in [-0.2, 0) is 32.7 Å². The third-order valence-electron chi connectivity index (χ3n) is 8.64. The number of allylic oxidation sites excluding steroid dienone is 10. The van der Waals surface area contributed by atoms with Gasteiger partial charge in [-0.15, -0.1) is 0 Å².